The molecule has 0 saturated heterocycles. The van der Waals surface area contributed by atoms with Gasteiger partial charge in [0.15, 0.2) is 0 Å². The number of nitrogen functional groups attached to an aromatic ring is 1. The van der Waals surface area contributed by atoms with E-state index in [2.05, 4.69) is 43.9 Å². The second kappa shape index (κ2) is 7.14. The summed E-state index contributed by atoms with van der Waals surface area (Å²) >= 11 is 0. The van der Waals surface area contributed by atoms with Gasteiger partial charge < -0.3 is 15.8 Å². The average Bonchev–Trinajstić information content (AvgIpc) is 2.61. The van der Waals surface area contributed by atoms with Crippen molar-refractivity contribution in [3.63, 3.8) is 0 Å². The van der Waals surface area contributed by atoms with E-state index in [9.17, 15) is 0 Å². The molecule has 0 aliphatic carbocycles. The molecule has 0 amide bonds. The summed E-state index contributed by atoms with van der Waals surface area (Å²) in [6.45, 7) is 8.35. The average molecular weight is 330 g/mol. The number of nitrogens with two attached hydrogens (primary N) is 1. The molecule has 0 aliphatic rings. The minimum Gasteiger partial charge on any atom is -0.457 e. The van der Waals surface area contributed by atoms with E-state index in [0.717, 1.165) is 34.1 Å². The lowest BCUT2D eigenvalue weighted by molar-refractivity contribution is 0.483. The van der Waals surface area contributed by atoms with Gasteiger partial charge in [-0.3, -0.25) is 0 Å². The number of aryl methyl sites for hydroxylation is 2. The van der Waals surface area contributed by atoms with Crippen LogP contribution in [0.3, 0.4) is 0 Å². The highest BCUT2D eigenvalue weighted by atomic mass is 16.5. The molecule has 3 nitrogen and oxygen atoms in total. The van der Waals surface area contributed by atoms with Gasteiger partial charge in [0.1, 0.15) is 11.5 Å². The van der Waals surface area contributed by atoms with Crippen LogP contribution in [0.2, 0.25) is 0 Å². The molecule has 3 heteroatoms. The number of hydrogen-bond acceptors (Lipinski definition) is 3. The molecule has 126 valence electrons. The van der Waals surface area contributed by atoms with Crippen molar-refractivity contribution in [1.82, 2.24) is 0 Å². The quantitative estimate of drug-likeness (QED) is 0.585. The van der Waals surface area contributed by atoms with Crippen LogP contribution in [-0.2, 0) is 0 Å². The molecule has 25 heavy (non-hydrogen) atoms. The maximum absolute atomic E-state index is 5.80. The Morgan fingerprint density at radius 3 is 2.04 bits per heavy atom. The molecule has 0 bridgehead atoms. The van der Waals surface area contributed by atoms with Crippen molar-refractivity contribution in [2.75, 3.05) is 11.1 Å². The first-order valence-electron chi connectivity index (χ1n) is 8.18. The minimum atomic E-state index is 0.719. The summed E-state index contributed by atoms with van der Waals surface area (Å²) in [5, 5.41) is 3.34. The molecule has 0 radical (unpaired) electrons. The van der Waals surface area contributed by atoms with Gasteiger partial charge in [0.2, 0.25) is 0 Å². The summed E-state index contributed by atoms with van der Waals surface area (Å²) in [6.07, 6.45) is 0. The Balaban J connectivity index is 1.66. The molecule has 0 unspecified atom stereocenters. The van der Waals surface area contributed by atoms with E-state index in [-0.39, 0.29) is 0 Å². The van der Waals surface area contributed by atoms with Crippen LogP contribution in [0.15, 0.2) is 73.3 Å². The first-order valence-corrected chi connectivity index (χ1v) is 8.18. The second-order valence-corrected chi connectivity index (χ2v) is 6.10. The summed E-state index contributed by atoms with van der Waals surface area (Å²) in [5.41, 5.74) is 11.9. The molecule has 0 aliphatic heterocycles. The lowest BCUT2D eigenvalue weighted by Crippen LogP contribution is -1.98. The van der Waals surface area contributed by atoms with Gasteiger partial charge in [-0.05, 0) is 85.1 Å². The third-order valence-corrected chi connectivity index (χ3v) is 4.12. The predicted octanol–water partition coefficient (Wildman–Crippen LogP) is 5.76. The van der Waals surface area contributed by atoms with Gasteiger partial charge in [0.25, 0.3) is 0 Å². The SMILES string of the molecule is C=C(Nc1ccc(Oc2ccc(N)cc2)cc1)c1ccc(C)c(C)c1. The van der Waals surface area contributed by atoms with Gasteiger partial charge in [-0.1, -0.05) is 18.7 Å². The smallest absolute Gasteiger partial charge is 0.127 e. The lowest BCUT2D eigenvalue weighted by Gasteiger charge is -2.12. The molecular weight excluding hydrogens is 308 g/mol. The van der Waals surface area contributed by atoms with Crippen LogP contribution in [0.1, 0.15) is 16.7 Å². The van der Waals surface area contributed by atoms with Crippen LogP contribution in [0, 0.1) is 13.8 Å². The Bertz CT molecular complexity index is 881. The van der Waals surface area contributed by atoms with Crippen LogP contribution >= 0.6 is 0 Å². The van der Waals surface area contributed by atoms with Crippen molar-refractivity contribution in [1.29, 1.82) is 0 Å². The maximum atomic E-state index is 5.80. The van der Waals surface area contributed by atoms with Crippen molar-refractivity contribution in [2.45, 2.75) is 13.8 Å². The highest BCUT2D eigenvalue weighted by Crippen LogP contribution is 2.25. The third kappa shape index (κ3) is 4.21. The fraction of sp³-hybridized carbons (Fsp3) is 0.0909. The van der Waals surface area contributed by atoms with E-state index in [1.807, 2.05) is 48.5 Å². The molecule has 0 heterocycles. The third-order valence-electron chi connectivity index (χ3n) is 4.12. The minimum absolute atomic E-state index is 0.719. The number of ether oxygens (including phenoxy) is 1. The molecule has 3 rings (SSSR count). The van der Waals surface area contributed by atoms with Gasteiger partial charge in [-0.2, -0.15) is 0 Å². The Kier molecular flexibility index (Phi) is 4.75. The van der Waals surface area contributed by atoms with Crippen LogP contribution < -0.4 is 15.8 Å². The van der Waals surface area contributed by atoms with Crippen LogP contribution in [-0.4, -0.2) is 0 Å². The summed E-state index contributed by atoms with van der Waals surface area (Å²) in [6, 6.07) is 21.5. The van der Waals surface area contributed by atoms with E-state index in [0.29, 0.717) is 0 Å². The summed E-state index contributed by atoms with van der Waals surface area (Å²) < 4.78 is 5.80. The highest BCUT2D eigenvalue weighted by Gasteiger charge is 2.03. The summed E-state index contributed by atoms with van der Waals surface area (Å²) in [4.78, 5) is 0. The Morgan fingerprint density at radius 1 is 0.840 bits per heavy atom. The van der Waals surface area contributed by atoms with E-state index >= 15 is 0 Å². The fourth-order valence-electron chi connectivity index (χ4n) is 2.45. The summed E-state index contributed by atoms with van der Waals surface area (Å²) in [7, 11) is 0. The monoisotopic (exact) mass is 330 g/mol. The molecule has 0 saturated carbocycles. The second-order valence-electron chi connectivity index (χ2n) is 6.10. The van der Waals surface area contributed by atoms with Crippen LogP contribution in [0.25, 0.3) is 5.70 Å². The lowest BCUT2D eigenvalue weighted by atomic mass is 10.0. The zero-order valence-corrected chi connectivity index (χ0v) is 14.5. The highest BCUT2D eigenvalue weighted by molar-refractivity contribution is 5.75. The Labute approximate surface area is 148 Å². The molecule has 0 atom stereocenters. The maximum Gasteiger partial charge on any atom is 0.127 e. The van der Waals surface area contributed by atoms with Crippen molar-refractivity contribution >= 4 is 17.1 Å². The fourth-order valence-corrected chi connectivity index (χ4v) is 2.45. The number of rotatable bonds is 5. The zero-order valence-electron chi connectivity index (χ0n) is 14.5. The van der Waals surface area contributed by atoms with Gasteiger partial charge in [-0.15, -0.1) is 0 Å². The van der Waals surface area contributed by atoms with Gasteiger partial charge >= 0.3 is 0 Å². The standard InChI is InChI=1S/C22H22N2O/c1-15-4-5-18(14-16(15)2)17(3)24-20-8-12-22(13-9-20)25-21-10-6-19(23)7-11-21/h4-14,24H,3,23H2,1-2H3. The topological polar surface area (TPSA) is 47.3 Å². The first kappa shape index (κ1) is 16.7. The van der Waals surface area contributed by atoms with Crippen LogP contribution in [0.4, 0.5) is 11.4 Å². The van der Waals surface area contributed by atoms with Crippen molar-refractivity contribution in [2.24, 2.45) is 0 Å². The van der Waals surface area contributed by atoms with Crippen molar-refractivity contribution < 1.29 is 4.74 Å². The number of anilines is 2. The molecule has 0 fully saturated rings. The largest absolute Gasteiger partial charge is 0.457 e. The molecular formula is C22H22N2O. The Hall–Kier alpha value is -3.20. The van der Waals surface area contributed by atoms with Crippen molar-refractivity contribution in [3.05, 3.63) is 90.0 Å². The van der Waals surface area contributed by atoms with E-state index in [4.69, 9.17) is 10.5 Å². The number of benzene rings is 3. The van der Waals surface area contributed by atoms with Gasteiger partial charge in [-0.25, -0.2) is 0 Å². The molecule has 3 aromatic carbocycles. The van der Waals surface area contributed by atoms with E-state index in [1.165, 1.54) is 11.1 Å². The van der Waals surface area contributed by atoms with Crippen molar-refractivity contribution in [3.8, 4) is 11.5 Å². The summed E-state index contributed by atoms with van der Waals surface area (Å²) in [5.74, 6) is 1.53. The van der Waals surface area contributed by atoms with E-state index in [1.54, 1.807) is 0 Å². The molecule has 0 aromatic heterocycles. The molecule has 3 aromatic rings. The first-order chi connectivity index (χ1) is 12.0. The van der Waals surface area contributed by atoms with Gasteiger partial charge in [0, 0.05) is 17.1 Å². The van der Waals surface area contributed by atoms with Gasteiger partial charge in [0.05, 0.1) is 0 Å². The Morgan fingerprint density at radius 2 is 1.44 bits per heavy atom. The van der Waals surface area contributed by atoms with E-state index < -0.39 is 0 Å². The molecule has 0 spiro atoms. The number of hydrogen-bond donors (Lipinski definition) is 2. The predicted molar refractivity (Wildman–Crippen MR) is 106 cm³/mol. The number of nitrogens with one attached hydrogen (secondary N) is 1. The normalized spacial score (nSPS) is 10.3. The molecule has 3 N–H and O–H groups in total. The van der Waals surface area contributed by atoms with Crippen LogP contribution in [0.5, 0.6) is 11.5 Å². The zero-order chi connectivity index (χ0) is 17.8.